The van der Waals surface area contributed by atoms with Gasteiger partial charge >= 0.3 is 0 Å². The van der Waals surface area contributed by atoms with Crippen molar-refractivity contribution >= 4 is 27.9 Å². The molecule has 0 amide bonds. The van der Waals surface area contributed by atoms with E-state index in [1.807, 2.05) is 54.0 Å². The summed E-state index contributed by atoms with van der Waals surface area (Å²) in [5, 5.41) is 0.979. The molecule has 1 aliphatic heterocycles. The van der Waals surface area contributed by atoms with Crippen molar-refractivity contribution in [3.8, 4) is 0 Å². The molecule has 4 heterocycles. The van der Waals surface area contributed by atoms with Crippen molar-refractivity contribution in [3.63, 3.8) is 0 Å². The highest BCUT2D eigenvalue weighted by Crippen LogP contribution is 2.23. The van der Waals surface area contributed by atoms with Crippen molar-refractivity contribution in [1.29, 1.82) is 0 Å². The number of rotatable bonds is 5. The summed E-state index contributed by atoms with van der Waals surface area (Å²) in [4.78, 5) is 29.6. The van der Waals surface area contributed by atoms with E-state index in [1.165, 1.54) is 0 Å². The summed E-state index contributed by atoms with van der Waals surface area (Å²) in [5.41, 5.74) is 8.29. The SMILES string of the molecule is C/C=C/Cn1c(N2CCCC(N)C2)nc2ccn(Cc3ncc4ccccc4n3)c(=O)c21. The Morgan fingerprint density at radius 1 is 1.19 bits per heavy atom. The van der Waals surface area contributed by atoms with Gasteiger partial charge < -0.3 is 19.8 Å². The van der Waals surface area contributed by atoms with Gasteiger partial charge in [-0.2, -0.15) is 0 Å². The second-order valence-electron chi connectivity index (χ2n) is 8.27. The van der Waals surface area contributed by atoms with Gasteiger partial charge in [-0.05, 0) is 31.9 Å². The largest absolute Gasteiger partial charge is 0.341 e. The van der Waals surface area contributed by atoms with E-state index in [9.17, 15) is 4.79 Å². The number of fused-ring (bicyclic) bond motifs is 2. The van der Waals surface area contributed by atoms with Crippen molar-refractivity contribution in [2.24, 2.45) is 5.73 Å². The first-order chi connectivity index (χ1) is 15.6. The van der Waals surface area contributed by atoms with Crippen LogP contribution in [0, 0.1) is 0 Å². The van der Waals surface area contributed by atoms with E-state index in [-0.39, 0.29) is 11.6 Å². The van der Waals surface area contributed by atoms with Crippen LogP contribution in [0.15, 0.2) is 59.7 Å². The quantitative estimate of drug-likeness (QED) is 0.490. The number of hydrogen-bond acceptors (Lipinski definition) is 6. The lowest BCUT2D eigenvalue weighted by molar-refractivity contribution is 0.495. The summed E-state index contributed by atoms with van der Waals surface area (Å²) in [6.45, 7) is 4.51. The van der Waals surface area contributed by atoms with E-state index in [1.54, 1.807) is 17.0 Å². The number of piperidine rings is 1. The van der Waals surface area contributed by atoms with Crippen LogP contribution >= 0.6 is 0 Å². The average molecular weight is 430 g/mol. The number of anilines is 1. The van der Waals surface area contributed by atoms with Crippen LogP contribution in [0.25, 0.3) is 21.9 Å². The summed E-state index contributed by atoms with van der Waals surface area (Å²) in [7, 11) is 0. The smallest absolute Gasteiger partial charge is 0.277 e. The van der Waals surface area contributed by atoms with Crippen molar-refractivity contribution in [2.45, 2.75) is 38.9 Å². The minimum Gasteiger partial charge on any atom is -0.341 e. The van der Waals surface area contributed by atoms with Crippen LogP contribution in [0.5, 0.6) is 0 Å². The van der Waals surface area contributed by atoms with Gasteiger partial charge in [0.05, 0.1) is 17.6 Å². The topological polar surface area (TPSA) is 94.9 Å². The van der Waals surface area contributed by atoms with E-state index in [4.69, 9.17) is 10.7 Å². The van der Waals surface area contributed by atoms with Crippen molar-refractivity contribution < 1.29 is 0 Å². The van der Waals surface area contributed by atoms with Crippen LogP contribution in [0.1, 0.15) is 25.6 Å². The summed E-state index contributed by atoms with van der Waals surface area (Å²) >= 11 is 0. The highest BCUT2D eigenvalue weighted by Gasteiger charge is 2.24. The number of imidazole rings is 1. The van der Waals surface area contributed by atoms with Gasteiger partial charge in [-0.1, -0.05) is 30.4 Å². The molecule has 0 radical (unpaired) electrons. The average Bonchev–Trinajstić information content (AvgIpc) is 3.19. The highest BCUT2D eigenvalue weighted by atomic mass is 16.1. The molecule has 0 saturated carbocycles. The second kappa shape index (κ2) is 8.55. The predicted molar refractivity (Wildman–Crippen MR) is 127 cm³/mol. The third-order valence-electron chi connectivity index (χ3n) is 5.97. The minimum absolute atomic E-state index is 0.0937. The first kappa shape index (κ1) is 20.4. The Kier molecular flexibility index (Phi) is 5.45. The van der Waals surface area contributed by atoms with Crippen LogP contribution in [0.4, 0.5) is 5.95 Å². The molecule has 2 N–H and O–H groups in total. The predicted octanol–water partition coefficient (Wildman–Crippen LogP) is 2.69. The molecule has 1 atom stereocenters. The monoisotopic (exact) mass is 429 g/mol. The van der Waals surface area contributed by atoms with Crippen molar-refractivity contribution in [1.82, 2.24) is 24.1 Å². The van der Waals surface area contributed by atoms with E-state index < -0.39 is 0 Å². The van der Waals surface area contributed by atoms with Gasteiger partial charge in [0.1, 0.15) is 11.3 Å². The Hall–Kier alpha value is -3.52. The van der Waals surface area contributed by atoms with Gasteiger partial charge in [0, 0.05) is 43.5 Å². The van der Waals surface area contributed by atoms with E-state index in [2.05, 4.69) is 14.9 Å². The van der Waals surface area contributed by atoms with Gasteiger partial charge in [-0.25, -0.2) is 15.0 Å². The molecule has 0 aliphatic carbocycles. The van der Waals surface area contributed by atoms with Crippen LogP contribution in [-0.4, -0.2) is 43.2 Å². The highest BCUT2D eigenvalue weighted by molar-refractivity contribution is 5.78. The number of allylic oxidation sites excluding steroid dienone is 2. The Morgan fingerprint density at radius 2 is 2.06 bits per heavy atom. The molecule has 164 valence electrons. The van der Waals surface area contributed by atoms with Crippen LogP contribution < -0.4 is 16.2 Å². The van der Waals surface area contributed by atoms with Crippen molar-refractivity contribution in [3.05, 3.63) is 71.1 Å². The fourth-order valence-electron chi connectivity index (χ4n) is 4.35. The maximum Gasteiger partial charge on any atom is 0.277 e. The van der Waals surface area contributed by atoms with E-state index in [0.717, 1.165) is 42.8 Å². The molecule has 32 heavy (non-hydrogen) atoms. The molecule has 8 nitrogen and oxygen atoms in total. The molecule has 5 rings (SSSR count). The van der Waals surface area contributed by atoms with Crippen LogP contribution in [0.2, 0.25) is 0 Å². The molecule has 3 aromatic heterocycles. The maximum atomic E-state index is 13.5. The number of nitrogens with two attached hydrogens (primary N) is 1. The lowest BCUT2D eigenvalue weighted by Gasteiger charge is -2.31. The molecule has 1 aliphatic rings. The molecule has 1 unspecified atom stereocenters. The number of pyridine rings is 1. The van der Waals surface area contributed by atoms with E-state index >= 15 is 0 Å². The zero-order valence-corrected chi connectivity index (χ0v) is 18.2. The summed E-state index contributed by atoms with van der Waals surface area (Å²) in [6.07, 6.45) is 9.65. The number of nitrogens with zero attached hydrogens (tertiary/aromatic N) is 6. The zero-order chi connectivity index (χ0) is 22.1. The first-order valence-corrected chi connectivity index (χ1v) is 11.1. The molecular weight excluding hydrogens is 402 g/mol. The summed E-state index contributed by atoms with van der Waals surface area (Å²) in [5.74, 6) is 1.41. The molecular formula is C24H27N7O. The molecule has 1 aromatic carbocycles. The second-order valence-corrected chi connectivity index (χ2v) is 8.27. The third-order valence-corrected chi connectivity index (χ3v) is 5.97. The van der Waals surface area contributed by atoms with Crippen LogP contribution in [-0.2, 0) is 13.1 Å². The van der Waals surface area contributed by atoms with Gasteiger partial charge in [0.15, 0.2) is 0 Å². The third kappa shape index (κ3) is 3.78. The van der Waals surface area contributed by atoms with Gasteiger partial charge in [-0.3, -0.25) is 4.79 Å². The fourth-order valence-corrected chi connectivity index (χ4v) is 4.35. The van der Waals surface area contributed by atoms with Crippen molar-refractivity contribution in [2.75, 3.05) is 18.0 Å². The first-order valence-electron chi connectivity index (χ1n) is 11.1. The lowest BCUT2D eigenvalue weighted by Crippen LogP contribution is -2.44. The standard InChI is InChI=1S/C24H27N7O/c1-2-3-12-31-22-20(28-24(31)30-11-6-8-18(25)15-30)10-13-29(23(22)32)16-21-26-14-17-7-4-5-9-19(17)27-21/h2-5,7,9-10,13-14,18H,6,8,11-12,15-16,25H2,1H3/b3-2+. The van der Waals surface area contributed by atoms with Gasteiger partial charge in [-0.15, -0.1) is 0 Å². The van der Waals surface area contributed by atoms with Gasteiger partial charge in [0.25, 0.3) is 5.56 Å². The number of para-hydroxylation sites is 1. The Morgan fingerprint density at radius 3 is 2.91 bits per heavy atom. The Labute approximate surface area is 186 Å². The Balaban J connectivity index is 1.57. The summed E-state index contributed by atoms with van der Waals surface area (Å²) in [6, 6.07) is 9.87. The molecule has 1 fully saturated rings. The Bertz CT molecular complexity index is 1350. The van der Waals surface area contributed by atoms with Crippen LogP contribution in [0.3, 0.4) is 0 Å². The van der Waals surface area contributed by atoms with Gasteiger partial charge in [0.2, 0.25) is 5.95 Å². The maximum absolute atomic E-state index is 13.5. The molecule has 0 bridgehead atoms. The molecule has 1 saturated heterocycles. The number of aromatic nitrogens is 5. The zero-order valence-electron chi connectivity index (χ0n) is 18.2. The van der Waals surface area contributed by atoms with E-state index in [0.29, 0.717) is 29.9 Å². The number of benzene rings is 1. The normalized spacial score (nSPS) is 17.1. The molecule has 0 spiro atoms. The summed E-state index contributed by atoms with van der Waals surface area (Å²) < 4.78 is 3.67. The molecule has 8 heteroatoms. The fraction of sp³-hybridized carbons (Fsp3) is 0.333. The number of hydrogen-bond donors (Lipinski definition) is 1. The molecule has 4 aromatic rings. The minimum atomic E-state index is -0.0937. The lowest BCUT2D eigenvalue weighted by atomic mass is 10.1.